The third kappa shape index (κ3) is 2.11. The van der Waals surface area contributed by atoms with Gasteiger partial charge in [0.2, 0.25) is 0 Å². The zero-order chi connectivity index (χ0) is 9.14. The summed E-state index contributed by atoms with van der Waals surface area (Å²) in [6.07, 6.45) is 3.62. The largest absolute Gasteiger partial charge is 0.464 e. The van der Waals surface area contributed by atoms with Crippen LogP contribution in [0.4, 0.5) is 0 Å². The van der Waals surface area contributed by atoms with Crippen LogP contribution in [0.15, 0.2) is 35.0 Å². The molecule has 1 heterocycles. The van der Waals surface area contributed by atoms with Gasteiger partial charge in [0.15, 0.2) is 0 Å². The second-order valence-electron chi connectivity index (χ2n) is 2.77. The quantitative estimate of drug-likeness (QED) is 0.698. The number of furan rings is 1. The number of rotatable bonds is 2. The highest BCUT2D eigenvalue weighted by Crippen LogP contribution is 2.26. The molecule has 0 aliphatic carbocycles. The Morgan fingerprint density at radius 3 is 2.75 bits per heavy atom. The highest BCUT2D eigenvalue weighted by molar-refractivity contribution is 9.15. The molecule has 0 unspecified atom stereocenters. The Morgan fingerprint density at radius 1 is 1.67 bits per heavy atom. The number of hydrogen-bond donors (Lipinski definition) is 0. The molecule has 0 aliphatic rings. The third-order valence-electron chi connectivity index (χ3n) is 1.45. The van der Waals surface area contributed by atoms with Gasteiger partial charge in [0.05, 0.1) is 10.7 Å². The second kappa shape index (κ2) is 3.76. The summed E-state index contributed by atoms with van der Waals surface area (Å²) in [6.45, 7) is 7.74. The first kappa shape index (κ1) is 9.33. The molecule has 1 nitrogen and oxygen atoms in total. The average molecular weight is 227 g/mol. The van der Waals surface area contributed by atoms with Crippen molar-refractivity contribution < 1.29 is 4.42 Å². The lowest BCUT2D eigenvalue weighted by atomic mass is 10.2. The van der Waals surface area contributed by atoms with E-state index in [2.05, 4.69) is 22.5 Å². The van der Waals surface area contributed by atoms with Gasteiger partial charge in [-0.2, -0.15) is 0 Å². The highest BCUT2D eigenvalue weighted by Gasteiger charge is 2.04. The third-order valence-corrected chi connectivity index (χ3v) is 2.04. The fourth-order valence-electron chi connectivity index (χ4n) is 0.899. The first-order valence-electron chi connectivity index (χ1n) is 3.68. The van der Waals surface area contributed by atoms with Crippen molar-refractivity contribution in [1.29, 1.82) is 0 Å². The van der Waals surface area contributed by atoms with Crippen LogP contribution < -0.4 is 0 Å². The van der Waals surface area contributed by atoms with E-state index in [9.17, 15) is 0 Å². The highest BCUT2D eigenvalue weighted by atomic mass is 79.9. The Bertz CT molecular complexity index is 320. The molecule has 64 valence electrons. The summed E-state index contributed by atoms with van der Waals surface area (Å²) in [5.41, 5.74) is 2.12. The summed E-state index contributed by atoms with van der Waals surface area (Å²) in [5, 5.41) is 0. The van der Waals surface area contributed by atoms with Gasteiger partial charge in [-0.3, -0.25) is 0 Å². The molecule has 0 saturated carbocycles. The molecule has 0 fully saturated rings. The van der Waals surface area contributed by atoms with E-state index in [1.807, 2.05) is 26.0 Å². The van der Waals surface area contributed by atoms with Crippen molar-refractivity contribution in [1.82, 2.24) is 0 Å². The van der Waals surface area contributed by atoms with Crippen LogP contribution in [0.3, 0.4) is 0 Å². The molecule has 2 heteroatoms. The second-order valence-corrected chi connectivity index (χ2v) is 3.63. The van der Waals surface area contributed by atoms with E-state index in [1.165, 1.54) is 0 Å². The molecular formula is C10H11BrO. The van der Waals surface area contributed by atoms with Gasteiger partial charge in [-0.1, -0.05) is 12.2 Å². The van der Waals surface area contributed by atoms with Crippen LogP contribution in [0.5, 0.6) is 0 Å². The topological polar surface area (TPSA) is 13.1 Å². The molecule has 0 aromatic carbocycles. The van der Waals surface area contributed by atoms with Crippen LogP contribution in [0.1, 0.15) is 18.2 Å². The molecule has 0 spiro atoms. The standard InChI is InChI=1S/C10H11BrO/c1-7(2)6-9(11)10-8(3)4-5-12-10/h4-6H,1H2,2-3H3/b9-6+. The van der Waals surface area contributed by atoms with E-state index in [4.69, 9.17) is 4.42 Å². The minimum absolute atomic E-state index is 0.873. The van der Waals surface area contributed by atoms with E-state index in [0.29, 0.717) is 0 Å². The van der Waals surface area contributed by atoms with Crippen LogP contribution in [-0.2, 0) is 0 Å². The van der Waals surface area contributed by atoms with E-state index < -0.39 is 0 Å². The maximum atomic E-state index is 5.27. The van der Waals surface area contributed by atoms with Crippen molar-refractivity contribution in [3.05, 3.63) is 41.9 Å². The zero-order valence-electron chi connectivity index (χ0n) is 7.23. The fraction of sp³-hybridized carbons (Fsp3) is 0.200. The Morgan fingerprint density at radius 2 is 2.33 bits per heavy atom. The van der Waals surface area contributed by atoms with E-state index in [-0.39, 0.29) is 0 Å². The molecule has 1 rings (SSSR count). The molecule has 0 amide bonds. The first-order valence-corrected chi connectivity index (χ1v) is 4.47. The minimum atomic E-state index is 0.873. The number of allylic oxidation sites excluding steroid dienone is 2. The van der Waals surface area contributed by atoms with Crippen molar-refractivity contribution in [3.63, 3.8) is 0 Å². The molecular weight excluding hydrogens is 216 g/mol. The van der Waals surface area contributed by atoms with Crippen molar-refractivity contribution in [3.8, 4) is 0 Å². The van der Waals surface area contributed by atoms with Crippen LogP contribution >= 0.6 is 15.9 Å². The van der Waals surface area contributed by atoms with Crippen LogP contribution in [0.25, 0.3) is 4.48 Å². The maximum absolute atomic E-state index is 5.27. The average Bonchev–Trinajstić information content (AvgIpc) is 2.33. The normalized spacial score (nSPS) is 11.8. The molecule has 0 saturated heterocycles. The fourth-order valence-corrected chi connectivity index (χ4v) is 1.70. The predicted molar refractivity (Wildman–Crippen MR) is 55.2 cm³/mol. The van der Waals surface area contributed by atoms with Gasteiger partial charge in [0, 0.05) is 0 Å². The lowest BCUT2D eigenvalue weighted by molar-refractivity contribution is 0.554. The lowest BCUT2D eigenvalue weighted by Crippen LogP contribution is -1.75. The summed E-state index contributed by atoms with van der Waals surface area (Å²) in [7, 11) is 0. The Labute approximate surface area is 80.9 Å². The van der Waals surface area contributed by atoms with Crippen molar-refractivity contribution >= 4 is 20.4 Å². The van der Waals surface area contributed by atoms with Gasteiger partial charge in [-0.05, 0) is 47.5 Å². The van der Waals surface area contributed by atoms with E-state index >= 15 is 0 Å². The minimum Gasteiger partial charge on any atom is -0.464 e. The molecule has 0 radical (unpaired) electrons. The summed E-state index contributed by atoms with van der Waals surface area (Å²) >= 11 is 3.42. The molecule has 0 N–H and O–H groups in total. The molecule has 12 heavy (non-hydrogen) atoms. The summed E-state index contributed by atoms with van der Waals surface area (Å²) in [5.74, 6) is 0.873. The summed E-state index contributed by atoms with van der Waals surface area (Å²) < 4.78 is 6.21. The number of aryl methyl sites for hydroxylation is 1. The van der Waals surface area contributed by atoms with Gasteiger partial charge in [-0.15, -0.1) is 0 Å². The molecule has 0 bridgehead atoms. The Hall–Kier alpha value is -0.760. The van der Waals surface area contributed by atoms with Crippen LogP contribution in [-0.4, -0.2) is 0 Å². The Kier molecular flexibility index (Phi) is 2.93. The maximum Gasteiger partial charge on any atom is 0.143 e. The summed E-state index contributed by atoms with van der Waals surface area (Å²) in [4.78, 5) is 0. The molecule has 1 aromatic heterocycles. The van der Waals surface area contributed by atoms with Gasteiger partial charge in [0.1, 0.15) is 5.76 Å². The van der Waals surface area contributed by atoms with Crippen molar-refractivity contribution in [2.24, 2.45) is 0 Å². The molecule has 0 aliphatic heterocycles. The van der Waals surface area contributed by atoms with Gasteiger partial charge < -0.3 is 4.42 Å². The zero-order valence-corrected chi connectivity index (χ0v) is 8.81. The lowest BCUT2D eigenvalue weighted by Gasteiger charge is -1.95. The number of hydrogen-bond acceptors (Lipinski definition) is 1. The predicted octanol–water partition coefficient (Wildman–Crippen LogP) is 3.90. The molecule has 1 aromatic rings. The SMILES string of the molecule is C=C(C)/C=C(/Br)c1occc1C. The van der Waals surface area contributed by atoms with Crippen LogP contribution in [0.2, 0.25) is 0 Å². The monoisotopic (exact) mass is 226 g/mol. The van der Waals surface area contributed by atoms with E-state index in [0.717, 1.165) is 21.4 Å². The summed E-state index contributed by atoms with van der Waals surface area (Å²) in [6, 6.07) is 1.93. The van der Waals surface area contributed by atoms with Gasteiger partial charge >= 0.3 is 0 Å². The smallest absolute Gasteiger partial charge is 0.143 e. The van der Waals surface area contributed by atoms with Gasteiger partial charge in [-0.25, -0.2) is 0 Å². The first-order chi connectivity index (χ1) is 5.61. The Balaban J connectivity index is 2.99. The van der Waals surface area contributed by atoms with Crippen molar-refractivity contribution in [2.45, 2.75) is 13.8 Å². The van der Waals surface area contributed by atoms with E-state index in [1.54, 1.807) is 6.26 Å². The van der Waals surface area contributed by atoms with Crippen molar-refractivity contribution in [2.75, 3.05) is 0 Å². The number of halogens is 1. The van der Waals surface area contributed by atoms with Gasteiger partial charge in [0.25, 0.3) is 0 Å². The molecule has 0 atom stereocenters. The van der Waals surface area contributed by atoms with Crippen LogP contribution in [0, 0.1) is 6.92 Å².